The Hall–Kier alpha value is -0.530. The summed E-state index contributed by atoms with van der Waals surface area (Å²) in [5, 5.41) is 12.4. The monoisotopic (exact) mass is 169 g/mol. The molecule has 12 heavy (non-hydrogen) atoms. The van der Waals surface area contributed by atoms with E-state index in [1.54, 1.807) is 0 Å². The maximum Gasteiger partial charge on any atom is 0.0660 e. The molecule has 0 heterocycles. The minimum absolute atomic E-state index is 0.0515. The molecular formula is C10H19NO. The van der Waals surface area contributed by atoms with Crippen LogP contribution in [0.25, 0.3) is 0 Å². The maximum absolute atomic E-state index is 8.91. The fourth-order valence-electron chi connectivity index (χ4n) is 1.39. The number of oxime groups is 1. The highest BCUT2D eigenvalue weighted by Gasteiger charge is 2.39. The molecule has 1 saturated carbocycles. The smallest absolute Gasteiger partial charge is 0.0660 e. The van der Waals surface area contributed by atoms with E-state index in [0.29, 0.717) is 11.8 Å². The van der Waals surface area contributed by atoms with Gasteiger partial charge < -0.3 is 5.21 Å². The lowest BCUT2D eigenvalue weighted by molar-refractivity contribution is 0.287. The highest BCUT2D eigenvalue weighted by Crippen LogP contribution is 2.41. The number of nitrogens with zero attached hydrogens (tertiary/aromatic N) is 1. The Kier molecular flexibility index (Phi) is 2.45. The van der Waals surface area contributed by atoms with Crippen LogP contribution in [-0.4, -0.2) is 10.9 Å². The molecule has 1 fully saturated rings. The van der Waals surface area contributed by atoms with Gasteiger partial charge in [0, 0.05) is 11.3 Å². The van der Waals surface area contributed by atoms with Gasteiger partial charge in [0.2, 0.25) is 0 Å². The van der Waals surface area contributed by atoms with Crippen LogP contribution in [0.4, 0.5) is 0 Å². The van der Waals surface area contributed by atoms with E-state index in [1.165, 1.54) is 12.8 Å². The van der Waals surface area contributed by atoms with Crippen molar-refractivity contribution in [2.24, 2.45) is 22.4 Å². The first-order valence-electron chi connectivity index (χ1n) is 4.72. The average molecular weight is 169 g/mol. The Morgan fingerprint density at radius 3 is 2.17 bits per heavy atom. The van der Waals surface area contributed by atoms with E-state index < -0.39 is 0 Å². The predicted octanol–water partition coefficient (Wildman–Crippen LogP) is 2.91. The molecule has 0 aromatic heterocycles. The zero-order valence-corrected chi connectivity index (χ0v) is 8.46. The Labute approximate surface area is 74.7 Å². The van der Waals surface area contributed by atoms with Crippen molar-refractivity contribution < 1.29 is 5.21 Å². The van der Waals surface area contributed by atoms with E-state index in [9.17, 15) is 0 Å². The summed E-state index contributed by atoms with van der Waals surface area (Å²) in [5.41, 5.74) is 1.05. The summed E-state index contributed by atoms with van der Waals surface area (Å²) in [7, 11) is 0. The molecule has 0 aromatic carbocycles. The van der Waals surface area contributed by atoms with Gasteiger partial charge in [-0.15, -0.1) is 0 Å². The van der Waals surface area contributed by atoms with Crippen LogP contribution in [-0.2, 0) is 0 Å². The van der Waals surface area contributed by atoms with Crippen molar-refractivity contribution >= 4 is 5.71 Å². The van der Waals surface area contributed by atoms with E-state index in [-0.39, 0.29) is 5.41 Å². The van der Waals surface area contributed by atoms with Gasteiger partial charge in [-0.2, -0.15) is 0 Å². The van der Waals surface area contributed by atoms with E-state index >= 15 is 0 Å². The van der Waals surface area contributed by atoms with Crippen LogP contribution in [0, 0.1) is 17.3 Å². The molecule has 0 amide bonds. The third kappa shape index (κ3) is 1.62. The van der Waals surface area contributed by atoms with Crippen LogP contribution >= 0.6 is 0 Å². The van der Waals surface area contributed by atoms with Crippen LogP contribution in [0.15, 0.2) is 5.16 Å². The number of hydrogen-bond acceptors (Lipinski definition) is 2. The standard InChI is InChI=1S/C10H19NO/c1-7(2)10(3,4)9(11-12)8-5-6-8/h7-8,12H,5-6H2,1-4H3/b11-9+. The van der Waals surface area contributed by atoms with Crippen molar-refractivity contribution in [1.29, 1.82) is 0 Å². The summed E-state index contributed by atoms with van der Waals surface area (Å²) in [6.45, 7) is 8.66. The Balaban J connectivity index is 2.76. The largest absolute Gasteiger partial charge is 0.411 e. The first-order chi connectivity index (χ1) is 5.50. The molecule has 0 aromatic rings. The van der Waals surface area contributed by atoms with Gasteiger partial charge in [-0.1, -0.05) is 32.9 Å². The minimum atomic E-state index is 0.0515. The SMILES string of the molecule is CC(C)C(C)(C)/C(=N/O)C1CC1. The maximum atomic E-state index is 8.91. The summed E-state index contributed by atoms with van der Waals surface area (Å²) in [5.74, 6) is 1.09. The van der Waals surface area contributed by atoms with Crippen LogP contribution in [0.5, 0.6) is 0 Å². The normalized spacial score (nSPS) is 20.2. The quantitative estimate of drug-likeness (QED) is 0.393. The molecule has 1 aliphatic rings. The van der Waals surface area contributed by atoms with E-state index in [0.717, 1.165) is 5.71 Å². The van der Waals surface area contributed by atoms with Gasteiger partial charge in [-0.25, -0.2) is 0 Å². The Morgan fingerprint density at radius 2 is 1.92 bits per heavy atom. The molecule has 0 aliphatic heterocycles. The first kappa shape index (κ1) is 9.56. The van der Waals surface area contributed by atoms with Crippen LogP contribution in [0.1, 0.15) is 40.5 Å². The van der Waals surface area contributed by atoms with Crippen molar-refractivity contribution in [2.75, 3.05) is 0 Å². The van der Waals surface area contributed by atoms with E-state index in [4.69, 9.17) is 5.21 Å². The average Bonchev–Trinajstić information content (AvgIpc) is 2.72. The molecule has 1 rings (SSSR count). The molecule has 1 aliphatic carbocycles. The van der Waals surface area contributed by atoms with Gasteiger partial charge in [0.1, 0.15) is 0 Å². The lowest BCUT2D eigenvalue weighted by Gasteiger charge is -2.30. The predicted molar refractivity (Wildman–Crippen MR) is 50.6 cm³/mol. The lowest BCUT2D eigenvalue weighted by Crippen LogP contribution is -2.31. The Bertz CT molecular complexity index is 190. The van der Waals surface area contributed by atoms with E-state index in [1.807, 2.05) is 0 Å². The third-order valence-corrected chi connectivity index (χ3v) is 3.18. The second kappa shape index (κ2) is 3.08. The molecule has 70 valence electrons. The van der Waals surface area contributed by atoms with Crippen LogP contribution < -0.4 is 0 Å². The summed E-state index contributed by atoms with van der Waals surface area (Å²) < 4.78 is 0. The van der Waals surface area contributed by atoms with Crippen molar-refractivity contribution in [3.8, 4) is 0 Å². The van der Waals surface area contributed by atoms with Gasteiger partial charge in [0.05, 0.1) is 5.71 Å². The van der Waals surface area contributed by atoms with E-state index in [2.05, 4.69) is 32.9 Å². The molecule has 2 nitrogen and oxygen atoms in total. The van der Waals surface area contributed by atoms with Crippen LogP contribution in [0.2, 0.25) is 0 Å². The highest BCUT2D eigenvalue weighted by molar-refractivity contribution is 5.93. The summed E-state index contributed by atoms with van der Waals surface area (Å²) >= 11 is 0. The topological polar surface area (TPSA) is 32.6 Å². The molecule has 0 spiro atoms. The molecule has 0 unspecified atom stereocenters. The molecule has 1 N–H and O–H groups in total. The van der Waals surface area contributed by atoms with Crippen LogP contribution in [0.3, 0.4) is 0 Å². The molecule has 0 radical (unpaired) electrons. The zero-order chi connectivity index (χ0) is 9.35. The van der Waals surface area contributed by atoms with Crippen molar-refractivity contribution in [3.05, 3.63) is 0 Å². The Morgan fingerprint density at radius 1 is 1.42 bits per heavy atom. The first-order valence-corrected chi connectivity index (χ1v) is 4.72. The lowest BCUT2D eigenvalue weighted by atomic mass is 9.75. The van der Waals surface area contributed by atoms with Gasteiger partial charge in [0.15, 0.2) is 0 Å². The zero-order valence-electron chi connectivity index (χ0n) is 8.46. The summed E-state index contributed by atoms with van der Waals surface area (Å²) in [4.78, 5) is 0. The molecule has 0 atom stereocenters. The fourth-order valence-corrected chi connectivity index (χ4v) is 1.39. The second-order valence-corrected chi connectivity index (χ2v) is 4.64. The minimum Gasteiger partial charge on any atom is -0.411 e. The van der Waals surface area contributed by atoms with Gasteiger partial charge >= 0.3 is 0 Å². The van der Waals surface area contributed by atoms with Gasteiger partial charge in [0.25, 0.3) is 0 Å². The summed E-state index contributed by atoms with van der Waals surface area (Å²) in [6, 6.07) is 0. The number of rotatable bonds is 3. The third-order valence-electron chi connectivity index (χ3n) is 3.18. The second-order valence-electron chi connectivity index (χ2n) is 4.64. The van der Waals surface area contributed by atoms with Gasteiger partial charge in [-0.3, -0.25) is 0 Å². The molecule has 0 saturated heterocycles. The summed E-state index contributed by atoms with van der Waals surface area (Å²) in [6.07, 6.45) is 2.41. The highest BCUT2D eigenvalue weighted by atomic mass is 16.4. The fraction of sp³-hybridized carbons (Fsp3) is 0.900. The molecular weight excluding hydrogens is 150 g/mol. The van der Waals surface area contributed by atoms with Gasteiger partial charge in [-0.05, 0) is 18.8 Å². The molecule has 0 bridgehead atoms. The van der Waals surface area contributed by atoms with Crippen molar-refractivity contribution in [2.45, 2.75) is 40.5 Å². The number of hydrogen-bond donors (Lipinski definition) is 1. The molecule has 2 heteroatoms. The van der Waals surface area contributed by atoms with Crippen molar-refractivity contribution in [1.82, 2.24) is 0 Å². The van der Waals surface area contributed by atoms with Crippen molar-refractivity contribution in [3.63, 3.8) is 0 Å².